The lowest BCUT2D eigenvalue weighted by Crippen LogP contribution is -2.42. The van der Waals surface area contributed by atoms with Crippen LogP contribution in [-0.4, -0.2) is 31.4 Å². The van der Waals surface area contributed by atoms with E-state index < -0.39 is 15.6 Å². The first-order valence-corrected chi connectivity index (χ1v) is 6.82. The fourth-order valence-corrected chi connectivity index (χ4v) is 2.78. The molecule has 0 radical (unpaired) electrons. The maximum atomic E-state index is 11.6. The quantitative estimate of drug-likeness (QED) is 0.753. The third-order valence-corrected chi connectivity index (χ3v) is 3.89. The number of sulfonamides is 1. The summed E-state index contributed by atoms with van der Waals surface area (Å²) in [5.41, 5.74) is -1.24. The molecule has 0 aromatic rings. The van der Waals surface area contributed by atoms with E-state index in [0.29, 0.717) is 6.42 Å². The summed E-state index contributed by atoms with van der Waals surface area (Å²) in [6, 6.07) is 0. The topological polar surface area (TPSA) is 66.4 Å². The second-order valence-corrected chi connectivity index (χ2v) is 7.30. The van der Waals surface area contributed by atoms with Crippen LogP contribution in [0.5, 0.6) is 0 Å². The van der Waals surface area contributed by atoms with Crippen molar-refractivity contribution in [2.24, 2.45) is 5.41 Å². The van der Waals surface area contributed by atoms with Gasteiger partial charge in [0.25, 0.3) is 0 Å². The first-order chi connectivity index (χ1) is 6.47. The number of nitrogens with one attached hydrogen (secondary N) is 1. The van der Waals surface area contributed by atoms with Crippen LogP contribution in [0, 0.1) is 5.41 Å². The van der Waals surface area contributed by atoms with Crippen LogP contribution >= 0.6 is 0 Å². The van der Waals surface area contributed by atoms with Crippen LogP contribution in [0.15, 0.2) is 0 Å². The van der Waals surface area contributed by atoms with Crippen LogP contribution in [0.3, 0.4) is 0 Å². The average molecular weight is 237 g/mol. The fourth-order valence-electron chi connectivity index (χ4n) is 1.01. The number of hydrogen-bond donors (Lipinski definition) is 2. The van der Waals surface area contributed by atoms with Crippen molar-refractivity contribution in [1.82, 2.24) is 4.72 Å². The van der Waals surface area contributed by atoms with Gasteiger partial charge >= 0.3 is 0 Å². The summed E-state index contributed by atoms with van der Waals surface area (Å²) < 4.78 is 25.6. The molecule has 4 nitrogen and oxygen atoms in total. The van der Waals surface area contributed by atoms with Crippen LogP contribution in [0.2, 0.25) is 0 Å². The monoisotopic (exact) mass is 237 g/mol. The van der Waals surface area contributed by atoms with E-state index in [2.05, 4.69) is 4.72 Å². The molecule has 0 aliphatic carbocycles. The van der Waals surface area contributed by atoms with Crippen molar-refractivity contribution in [3.05, 3.63) is 0 Å². The van der Waals surface area contributed by atoms with E-state index in [0.717, 1.165) is 0 Å². The molecule has 15 heavy (non-hydrogen) atoms. The van der Waals surface area contributed by atoms with Gasteiger partial charge in [0.05, 0.1) is 11.4 Å². The number of hydrogen-bond acceptors (Lipinski definition) is 3. The Bertz CT molecular complexity index is 288. The summed E-state index contributed by atoms with van der Waals surface area (Å²) in [5.74, 6) is 0.0692. The molecule has 0 saturated heterocycles. The summed E-state index contributed by atoms with van der Waals surface area (Å²) in [4.78, 5) is 0. The Labute approximate surface area is 93.1 Å². The second kappa shape index (κ2) is 4.80. The van der Waals surface area contributed by atoms with E-state index in [4.69, 9.17) is 0 Å². The molecule has 0 rings (SSSR count). The van der Waals surface area contributed by atoms with Crippen molar-refractivity contribution >= 4 is 10.0 Å². The summed E-state index contributed by atoms with van der Waals surface area (Å²) in [7, 11) is -3.29. The van der Waals surface area contributed by atoms with Crippen molar-refractivity contribution in [1.29, 1.82) is 0 Å². The number of aliphatic hydroxyl groups is 1. The molecule has 0 fully saturated rings. The maximum absolute atomic E-state index is 11.6. The highest BCUT2D eigenvalue weighted by molar-refractivity contribution is 7.89. The van der Waals surface area contributed by atoms with Crippen LogP contribution in [-0.2, 0) is 10.0 Å². The van der Waals surface area contributed by atoms with Gasteiger partial charge in [-0.25, -0.2) is 13.1 Å². The summed E-state index contributed by atoms with van der Waals surface area (Å²) in [5, 5.41) is 9.66. The minimum atomic E-state index is -3.29. The van der Waals surface area contributed by atoms with Crippen LogP contribution < -0.4 is 4.72 Å². The Morgan fingerprint density at radius 2 is 1.67 bits per heavy atom. The van der Waals surface area contributed by atoms with Gasteiger partial charge < -0.3 is 5.11 Å². The van der Waals surface area contributed by atoms with E-state index in [1.807, 2.05) is 27.7 Å². The summed E-state index contributed by atoms with van der Waals surface area (Å²) in [6.45, 7) is 9.10. The Hall–Kier alpha value is -0.130. The molecule has 92 valence electrons. The van der Waals surface area contributed by atoms with Gasteiger partial charge in [0.15, 0.2) is 0 Å². The third kappa shape index (κ3) is 7.76. The third-order valence-electron chi connectivity index (χ3n) is 2.06. The SMILES string of the molecule is CCC(C)(O)CNS(=O)(=O)CC(C)(C)C. The fraction of sp³-hybridized carbons (Fsp3) is 1.00. The molecule has 1 unspecified atom stereocenters. The van der Waals surface area contributed by atoms with E-state index in [-0.39, 0.29) is 17.7 Å². The highest BCUT2D eigenvalue weighted by atomic mass is 32.2. The minimum Gasteiger partial charge on any atom is -0.389 e. The Balaban J connectivity index is 4.30. The minimum absolute atomic E-state index is 0.0692. The summed E-state index contributed by atoms with van der Waals surface area (Å²) in [6.07, 6.45) is 0.519. The van der Waals surface area contributed by atoms with Gasteiger partial charge in [-0.1, -0.05) is 27.7 Å². The molecule has 0 saturated carbocycles. The summed E-state index contributed by atoms with van der Waals surface area (Å²) >= 11 is 0. The molecule has 0 aromatic heterocycles. The maximum Gasteiger partial charge on any atom is 0.212 e. The normalized spacial score (nSPS) is 17.5. The zero-order valence-corrected chi connectivity index (χ0v) is 11.1. The van der Waals surface area contributed by atoms with Crippen molar-refractivity contribution in [2.45, 2.75) is 46.6 Å². The lowest BCUT2D eigenvalue weighted by molar-refractivity contribution is 0.0613. The zero-order valence-electron chi connectivity index (χ0n) is 10.3. The van der Waals surface area contributed by atoms with Gasteiger partial charge in [-0.05, 0) is 18.8 Å². The molecule has 0 aliphatic heterocycles. The van der Waals surface area contributed by atoms with Gasteiger partial charge in [-0.2, -0.15) is 0 Å². The van der Waals surface area contributed by atoms with Gasteiger partial charge in [-0.15, -0.1) is 0 Å². The lowest BCUT2D eigenvalue weighted by Gasteiger charge is -2.23. The molecular weight excluding hydrogens is 214 g/mol. The molecule has 2 N–H and O–H groups in total. The largest absolute Gasteiger partial charge is 0.389 e. The van der Waals surface area contributed by atoms with Crippen molar-refractivity contribution < 1.29 is 13.5 Å². The van der Waals surface area contributed by atoms with E-state index in [1.54, 1.807) is 6.92 Å². The first-order valence-electron chi connectivity index (χ1n) is 5.17. The first kappa shape index (κ1) is 14.9. The lowest BCUT2D eigenvalue weighted by atomic mass is 10.0. The van der Waals surface area contributed by atoms with E-state index in [1.165, 1.54) is 0 Å². The Morgan fingerprint density at radius 3 is 2.00 bits per heavy atom. The average Bonchev–Trinajstić information content (AvgIpc) is 1.97. The molecule has 5 heteroatoms. The molecular formula is C10H23NO3S. The van der Waals surface area contributed by atoms with Gasteiger partial charge in [0, 0.05) is 6.54 Å². The van der Waals surface area contributed by atoms with Gasteiger partial charge in [-0.3, -0.25) is 0 Å². The van der Waals surface area contributed by atoms with Crippen LogP contribution in [0.25, 0.3) is 0 Å². The predicted octanol–water partition coefficient (Wildman–Crippen LogP) is 1.11. The Kier molecular flexibility index (Phi) is 4.76. The molecule has 0 spiro atoms. The van der Waals surface area contributed by atoms with Crippen LogP contribution in [0.1, 0.15) is 41.0 Å². The van der Waals surface area contributed by atoms with Crippen molar-refractivity contribution in [2.75, 3.05) is 12.3 Å². The molecule has 0 aliphatic rings. The highest BCUT2D eigenvalue weighted by Crippen LogP contribution is 2.16. The molecule has 0 aromatic carbocycles. The second-order valence-electron chi connectivity index (χ2n) is 5.49. The van der Waals surface area contributed by atoms with Crippen LogP contribution in [0.4, 0.5) is 0 Å². The molecule has 0 amide bonds. The number of rotatable bonds is 5. The molecule has 0 bridgehead atoms. The van der Waals surface area contributed by atoms with Gasteiger partial charge in [0.2, 0.25) is 10.0 Å². The zero-order chi connectivity index (χ0) is 12.3. The molecule has 1 atom stereocenters. The highest BCUT2D eigenvalue weighted by Gasteiger charge is 2.25. The predicted molar refractivity (Wildman–Crippen MR) is 62.2 cm³/mol. The van der Waals surface area contributed by atoms with Crippen molar-refractivity contribution in [3.63, 3.8) is 0 Å². The van der Waals surface area contributed by atoms with Crippen molar-refractivity contribution in [3.8, 4) is 0 Å². The Morgan fingerprint density at radius 1 is 1.20 bits per heavy atom. The van der Waals surface area contributed by atoms with E-state index >= 15 is 0 Å². The van der Waals surface area contributed by atoms with E-state index in [9.17, 15) is 13.5 Å². The standard InChI is InChI=1S/C10H23NO3S/c1-6-10(5,12)7-11-15(13,14)8-9(2,3)4/h11-12H,6-8H2,1-5H3. The molecule has 0 heterocycles. The van der Waals surface area contributed by atoms with Gasteiger partial charge in [0.1, 0.15) is 0 Å². The smallest absolute Gasteiger partial charge is 0.212 e.